The SMILES string of the molecule is COc1ccc(OC(=O)N(CC(=O)O)[C@H](C)c2ccc(OCCc3nc(-c4ccccc4)sc3C)cc2)cc1.Cc1sc(-c2ccccc2)nc1CCOS(C)(=O)=O. The monoisotopic (exact) mass is 843 g/mol. The lowest BCUT2D eigenvalue weighted by molar-refractivity contribution is -0.138. The number of rotatable bonds is 16. The topological polar surface area (TPSA) is 154 Å². The second-order valence-electron chi connectivity index (χ2n) is 13.0. The molecular formula is C43H45N3O9S3. The number of carbonyl (C=O) groups is 2. The minimum Gasteiger partial charge on any atom is -0.497 e. The quantitative estimate of drug-likeness (QED) is 0.0929. The van der Waals surface area contributed by atoms with Crippen LogP contribution in [-0.4, -0.2) is 73.6 Å². The van der Waals surface area contributed by atoms with E-state index in [1.54, 1.807) is 53.9 Å². The Morgan fingerprint density at radius 2 is 1.21 bits per heavy atom. The van der Waals surface area contributed by atoms with Crippen molar-refractivity contribution in [2.75, 3.05) is 33.1 Å². The molecule has 0 aliphatic carbocycles. The zero-order chi connectivity index (χ0) is 41.7. The van der Waals surface area contributed by atoms with E-state index in [2.05, 4.69) is 24.0 Å². The minimum atomic E-state index is -3.38. The molecule has 2 heterocycles. The van der Waals surface area contributed by atoms with Crippen LogP contribution in [-0.2, 0) is 31.9 Å². The number of aryl methyl sites for hydroxylation is 2. The Kier molecular flexibility index (Phi) is 15.5. The van der Waals surface area contributed by atoms with Crippen LogP contribution in [0, 0.1) is 13.8 Å². The summed E-state index contributed by atoms with van der Waals surface area (Å²) in [7, 11) is -1.84. The highest BCUT2D eigenvalue weighted by molar-refractivity contribution is 7.85. The average molecular weight is 844 g/mol. The smallest absolute Gasteiger partial charge is 0.416 e. The van der Waals surface area contributed by atoms with Gasteiger partial charge in [0.05, 0.1) is 44.0 Å². The summed E-state index contributed by atoms with van der Waals surface area (Å²) in [5, 5.41) is 11.3. The van der Waals surface area contributed by atoms with Gasteiger partial charge >= 0.3 is 12.1 Å². The molecule has 0 aliphatic rings. The Morgan fingerprint density at radius 1 is 0.724 bits per heavy atom. The molecule has 1 N–H and O–H groups in total. The number of methoxy groups -OCH3 is 1. The molecule has 0 saturated carbocycles. The number of hydrogen-bond acceptors (Lipinski definition) is 12. The van der Waals surface area contributed by atoms with Crippen LogP contribution in [0.25, 0.3) is 21.1 Å². The summed E-state index contributed by atoms with van der Waals surface area (Å²) in [6.07, 6.45) is 1.47. The van der Waals surface area contributed by atoms with Gasteiger partial charge in [-0.05, 0) is 62.7 Å². The number of carboxylic acid groups (broad SMARTS) is 1. The third kappa shape index (κ3) is 13.0. The molecule has 0 unspecified atom stereocenters. The lowest BCUT2D eigenvalue weighted by Crippen LogP contribution is -2.39. The van der Waals surface area contributed by atoms with Crippen molar-refractivity contribution in [2.45, 2.75) is 39.7 Å². The largest absolute Gasteiger partial charge is 0.497 e. The number of aliphatic carboxylic acids is 1. The number of aromatic nitrogens is 2. The fourth-order valence-electron chi connectivity index (χ4n) is 5.61. The van der Waals surface area contributed by atoms with Crippen LogP contribution < -0.4 is 14.2 Å². The summed E-state index contributed by atoms with van der Waals surface area (Å²) in [5.41, 5.74) is 4.84. The lowest BCUT2D eigenvalue weighted by Gasteiger charge is -2.27. The first kappa shape index (κ1) is 43.5. The van der Waals surface area contributed by atoms with E-state index in [-0.39, 0.29) is 6.61 Å². The standard InChI is InChI=1S/C30H30N2O6S.C13H15NO3S2/c1-20(32(19-28(33)34)30(35)38-26-15-13-24(36-3)14-16-26)22-9-11-25(12-10-22)37-18-17-27-21(2)39-29(31-27)23-7-5-4-6-8-23;1-10-12(8-9-17-19(2,15)16)14-13(18-10)11-6-4-3-5-7-11/h4-16,20H,17-19H2,1-3H3,(H,33,34);3-7H,8-9H2,1-2H3/t20-;/m1./s1. The molecule has 12 nitrogen and oxygen atoms in total. The molecule has 6 rings (SSSR count). The van der Waals surface area contributed by atoms with Crippen molar-refractivity contribution >= 4 is 44.9 Å². The van der Waals surface area contributed by atoms with E-state index in [1.807, 2.05) is 79.7 Å². The van der Waals surface area contributed by atoms with E-state index in [4.69, 9.17) is 23.4 Å². The molecule has 2 aromatic heterocycles. The van der Waals surface area contributed by atoms with E-state index in [0.717, 1.165) is 54.1 Å². The molecule has 58 heavy (non-hydrogen) atoms. The number of thiazole rings is 2. The average Bonchev–Trinajstić information content (AvgIpc) is 3.78. The second kappa shape index (κ2) is 20.7. The summed E-state index contributed by atoms with van der Waals surface area (Å²) < 4.78 is 43.0. The molecule has 6 aromatic rings. The number of benzene rings is 4. The number of ether oxygens (including phenoxy) is 3. The number of carbonyl (C=O) groups excluding carboxylic acids is 1. The van der Waals surface area contributed by atoms with Gasteiger partial charge < -0.3 is 19.3 Å². The molecular weight excluding hydrogens is 799 g/mol. The lowest BCUT2D eigenvalue weighted by atomic mass is 10.1. The van der Waals surface area contributed by atoms with Gasteiger partial charge in [-0.15, -0.1) is 22.7 Å². The Hall–Kier alpha value is -5.61. The van der Waals surface area contributed by atoms with Crippen LogP contribution in [0.5, 0.6) is 17.2 Å². The summed E-state index contributed by atoms with van der Waals surface area (Å²) in [6.45, 7) is 5.90. The van der Waals surface area contributed by atoms with Gasteiger partial charge in [0, 0.05) is 33.7 Å². The van der Waals surface area contributed by atoms with Crippen molar-refractivity contribution in [3.63, 3.8) is 0 Å². The highest BCUT2D eigenvalue weighted by Crippen LogP contribution is 2.30. The normalized spacial score (nSPS) is 11.5. The predicted molar refractivity (Wildman–Crippen MR) is 226 cm³/mol. The third-order valence-corrected chi connectivity index (χ3v) is 11.4. The third-order valence-electron chi connectivity index (χ3n) is 8.71. The van der Waals surface area contributed by atoms with Gasteiger partial charge in [-0.1, -0.05) is 72.8 Å². The first-order valence-electron chi connectivity index (χ1n) is 18.2. The van der Waals surface area contributed by atoms with Gasteiger partial charge in [0.25, 0.3) is 10.1 Å². The molecule has 1 atom stereocenters. The fourth-order valence-corrected chi connectivity index (χ4v) is 7.93. The van der Waals surface area contributed by atoms with Crippen molar-refractivity contribution in [1.29, 1.82) is 0 Å². The molecule has 0 radical (unpaired) electrons. The molecule has 304 valence electrons. The summed E-state index contributed by atoms with van der Waals surface area (Å²) >= 11 is 3.28. The number of nitrogens with zero attached hydrogens (tertiary/aromatic N) is 3. The summed E-state index contributed by atoms with van der Waals surface area (Å²) in [6, 6.07) is 33.2. The molecule has 15 heteroatoms. The zero-order valence-electron chi connectivity index (χ0n) is 32.8. The van der Waals surface area contributed by atoms with Gasteiger partial charge in [0.1, 0.15) is 33.8 Å². The number of hydrogen-bond donors (Lipinski definition) is 1. The van der Waals surface area contributed by atoms with Gasteiger partial charge in [-0.25, -0.2) is 14.8 Å². The first-order chi connectivity index (χ1) is 27.8. The molecule has 0 aliphatic heterocycles. The van der Waals surface area contributed by atoms with Crippen LogP contribution in [0.2, 0.25) is 0 Å². The van der Waals surface area contributed by atoms with Gasteiger partial charge in [0.2, 0.25) is 0 Å². The highest BCUT2D eigenvalue weighted by Gasteiger charge is 2.26. The molecule has 1 amide bonds. The van der Waals surface area contributed by atoms with Crippen molar-refractivity contribution < 1.29 is 41.5 Å². The Labute approximate surface area is 346 Å². The van der Waals surface area contributed by atoms with Crippen LogP contribution in [0.1, 0.15) is 39.7 Å². The fraction of sp³-hybridized carbons (Fsp3) is 0.256. The maximum absolute atomic E-state index is 12.9. The van der Waals surface area contributed by atoms with E-state index in [0.29, 0.717) is 36.7 Å². The van der Waals surface area contributed by atoms with Crippen LogP contribution in [0.3, 0.4) is 0 Å². The van der Waals surface area contributed by atoms with Crippen LogP contribution in [0.15, 0.2) is 109 Å². The minimum absolute atomic E-state index is 0.137. The Morgan fingerprint density at radius 3 is 1.69 bits per heavy atom. The second-order valence-corrected chi connectivity index (χ2v) is 17.0. The van der Waals surface area contributed by atoms with E-state index < -0.39 is 34.8 Å². The van der Waals surface area contributed by atoms with Crippen molar-refractivity contribution in [2.24, 2.45) is 0 Å². The summed E-state index contributed by atoms with van der Waals surface area (Å²) in [5.74, 6) is 0.443. The Bertz CT molecular complexity index is 2350. The maximum atomic E-state index is 12.9. The van der Waals surface area contributed by atoms with Crippen molar-refractivity contribution in [1.82, 2.24) is 14.9 Å². The van der Waals surface area contributed by atoms with E-state index in [1.165, 1.54) is 12.0 Å². The molecule has 0 saturated heterocycles. The molecule has 0 bridgehead atoms. The predicted octanol–water partition coefficient (Wildman–Crippen LogP) is 9.03. The van der Waals surface area contributed by atoms with E-state index >= 15 is 0 Å². The van der Waals surface area contributed by atoms with Crippen LogP contribution >= 0.6 is 22.7 Å². The van der Waals surface area contributed by atoms with Crippen molar-refractivity contribution in [3.05, 3.63) is 136 Å². The molecule has 0 fully saturated rings. The number of amides is 1. The summed E-state index contributed by atoms with van der Waals surface area (Å²) in [4.78, 5) is 37.1. The van der Waals surface area contributed by atoms with Gasteiger partial charge in [-0.3, -0.25) is 13.9 Å². The number of carboxylic acids is 1. The molecule has 0 spiro atoms. The van der Waals surface area contributed by atoms with Crippen molar-refractivity contribution in [3.8, 4) is 38.4 Å². The van der Waals surface area contributed by atoms with Gasteiger partial charge in [-0.2, -0.15) is 8.42 Å². The zero-order valence-corrected chi connectivity index (χ0v) is 35.2. The highest BCUT2D eigenvalue weighted by atomic mass is 32.2. The first-order valence-corrected chi connectivity index (χ1v) is 21.7. The van der Waals surface area contributed by atoms with Crippen LogP contribution in [0.4, 0.5) is 4.79 Å². The maximum Gasteiger partial charge on any atom is 0.416 e. The van der Waals surface area contributed by atoms with Gasteiger partial charge in [0.15, 0.2) is 0 Å². The molecule has 4 aromatic carbocycles. The Balaban J connectivity index is 0.000000281. The van der Waals surface area contributed by atoms with E-state index in [9.17, 15) is 23.1 Å².